The number of nitrogens with zero attached hydrogens (tertiary/aromatic N) is 2. The third-order valence-corrected chi connectivity index (χ3v) is 4.84. The molecule has 1 heterocycles. The van der Waals surface area contributed by atoms with Crippen LogP contribution in [0.2, 0.25) is 0 Å². The quantitative estimate of drug-likeness (QED) is 0.748. The highest BCUT2D eigenvalue weighted by Crippen LogP contribution is 2.43. The Morgan fingerprint density at radius 3 is 2.73 bits per heavy atom. The molecular weight excluding hydrogens is 330 g/mol. The van der Waals surface area contributed by atoms with Crippen molar-refractivity contribution in [2.75, 3.05) is 38.5 Å². The minimum Gasteiger partial charge on any atom is -0.493 e. The van der Waals surface area contributed by atoms with Crippen LogP contribution in [0, 0.1) is 0 Å². The summed E-state index contributed by atoms with van der Waals surface area (Å²) in [5, 5.41) is 3.62. The summed E-state index contributed by atoms with van der Waals surface area (Å²) < 4.78 is 16.7. The third-order valence-electron chi connectivity index (χ3n) is 4.84. The van der Waals surface area contributed by atoms with Crippen molar-refractivity contribution in [3.63, 3.8) is 0 Å². The summed E-state index contributed by atoms with van der Waals surface area (Å²) in [6.45, 7) is 0. The summed E-state index contributed by atoms with van der Waals surface area (Å²) in [5.41, 5.74) is 5.16. The molecule has 0 spiro atoms. The maximum atomic E-state index is 5.72. The first-order valence-corrected chi connectivity index (χ1v) is 8.69. The van der Waals surface area contributed by atoms with Crippen molar-refractivity contribution in [2.24, 2.45) is 0 Å². The summed E-state index contributed by atoms with van der Waals surface area (Å²) in [6.07, 6.45) is 1.98. The molecule has 0 saturated heterocycles. The average Bonchev–Trinajstić information content (AvgIpc) is 3.25. The minimum absolute atomic E-state index is 0.238. The molecule has 6 nitrogen and oxygen atoms in total. The van der Waals surface area contributed by atoms with E-state index in [9.17, 15) is 0 Å². The first-order valence-electron chi connectivity index (χ1n) is 8.69. The molecule has 1 aromatic heterocycles. The van der Waals surface area contributed by atoms with Crippen LogP contribution in [-0.4, -0.2) is 33.3 Å². The van der Waals surface area contributed by atoms with Gasteiger partial charge in [0.15, 0.2) is 17.1 Å². The van der Waals surface area contributed by atoms with E-state index in [-0.39, 0.29) is 6.04 Å². The Bertz CT molecular complexity index is 949. The average molecular weight is 353 g/mol. The van der Waals surface area contributed by atoms with Gasteiger partial charge >= 0.3 is 0 Å². The molecule has 0 aliphatic heterocycles. The van der Waals surface area contributed by atoms with Gasteiger partial charge in [-0.05, 0) is 42.7 Å². The molecule has 0 saturated carbocycles. The Labute approximate surface area is 152 Å². The van der Waals surface area contributed by atoms with Crippen molar-refractivity contribution in [3.05, 3.63) is 41.5 Å². The molecule has 3 aromatic rings. The lowest BCUT2D eigenvalue weighted by Crippen LogP contribution is -2.08. The second-order valence-electron chi connectivity index (χ2n) is 6.68. The van der Waals surface area contributed by atoms with E-state index in [2.05, 4.69) is 16.4 Å². The molecule has 1 aliphatic rings. The van der Waals surface area contributed by atoms with Crippen LogP contribution in [0.1, 0.15) is 23.6 Å². The zero-order valence-electron chi connectivity index (χ0n) is 15.5. The molecule has 2 aromatic carbocycles. The first-order chi connectivity index (χ1) is 12.6. The molecule has 0 bridgehead atoms. The zero-order chi connectivity index (χ0) is 18.3. The third kappa shape index (κ3) is 2.71. The topological polar surface area (TPSA) is 59.8 Å². The van der Waals surface area contributed by atoms with Crippen molar-refractivity contribution in [3.8, 4) is 11.5 Å². The number of oxazole rings is 1. The fourth-order valence-electron chi connectivity index (χ4n) is 3.58. The van der Waals surface area contributed by atoms with E-state index in [1.165, 1.54) is 11.1 Å². The van der Waals surface area contributed by atoms with Gasteiger partial charge in [-0.3, -0.25) is 0 Å². The lowest BCUT2D eigenvalue weighted by atomic mass is 10.1. The van der Waals surface area contributed by atoms with Crippen LogP contribution in [0.15, 0.2) is 34.7 Å². The molecule has 4 rings (SSSR count). The van der Waals surface area contributed by atoms with Crippen LogP contribution in [0.25, 0.3) is 11.1 Å². The van der Waals surface area contributed by atoms with E-state index < -0.39 is 0 Å². The molecule has 0 amide bonds. The van der Waals surface area contributed by atoms with Gasteiger partial charge in [0.2, 0.25) is 0 Å². The van der Waals surface area contributed by atoms with Crippen molar-refractivity contribution in [1.29, 1.82) is 0 Å². The fraction of sp³-hybridized carbons (Fsp3) is 0.350. The summed E-state index contributed by atoms with van der Waals surface area (Å²) in [4.78, 5) is 6.39. The van der Waals surface area contributed by atoms with Gasteiger partial charge in [-0.1, -0.05) is 6.07 Å². The Hall–Kier alpha value is -2.89. The lowest BCUT2D eigenvalue weighted by molar-refractivity contribution is 0.352. The van der Waals surface area contributed by atoms with Gasteiger partial charge in [-0.15, -0.1) is 0 Å². The number of hydrogen-bond donors (Lipinski definition) is 1. The lowest BCUT2D eigenvalue weighted by Gasteiger charge is -2.17. The largest absolute Gasteiger partial charge is 0.493 e. The molecule has 26 heavy (non-hydrogen) atoms. The van der Waals surface area contributed by atoms with E-state index in [1.54, 1.807) is 14.2 Å². The van der Waals surface area contributed by atoms with Gasteiger partial charge in [0.05, 0.1) is 20.3 Å². The monoisotopic (exact) mass is 353 g/mol. The smallest absolute Gasteiger partial charge is 0.297 e. The summed E-state index contributed by atoms with van der Waals surface area (Å²) in [5.74, 6) is 1.63. The van der Waals surface area contributed by atoms with E-state index in [1.807, 2.05) is 43.3 Å². The Kier molecular flexibility index (Phi) is 4.11. The standard InChI is InChI=1S/C20H23N3O3/c1-23(2)20-22-16-11-12(5-9-17(16)26-20)21-15-8-6-14-13(15)7-10-18(24-3)19(14)25-4/h5,7,9-11,15,21H,6,8H2,1-4H3. The summed E-state index contributed by atoms with van der Waals surface area (Å²) >= 11 is 0. The number of ether oxygens (including phenoxy) is 2. The van der Waals surface area contributed by atoms with Gasteiger partial charge in [0, 0.05) is 25.3 Å². The van der Waals surface area contributed by atoms with Crippen molar-refractivity contribution in [2.45, 2.75) is 18.9 Å². The molecule has 0 radical (unpaired) electrons. The molecular formula is C20H23N3O3. The zero-order valence-corrected chi connectivity index (χ0v) is 15.5. The highest BCUT2D eigenvalue weighted by atomic mass is 16.5. The van der Waals surface area contributed by atoms with E-state index in [0.29, 0.717) is 6.01 Å². The van der Waals surface area contributed by atoms with E-state index in [0.717, 1.165) is 41.1 Å². The second kappa shape index (κ2) is 6.44. The van der Waals surface area contributed by atoms with Gasteiger partial charge < -0.3 is 24.1 Å². The maximum Gasteiger partial charge on any atom is 0.297 e. The molecule has 6 heteroatoms. The van der Waals surface area contributed by atoms with Crippen molar-refractivity contribution < 1.29 is 13.9 Å². The van der Waals surface area contributed by atoms with Crippen molar-refractivity contribution >= 4 is 22.8 Å². The minimum atomic E-state index is 0.238. The predicted octanol–water partition coefficient (Wildman–Crippen LogP) is 4.01. The fourth-order valence-corrected chi connectivity index (χ4v) is 3.58. The Morgan fingerprint density at radius 1 is 1.15 bits per heavy atom. The van der Waals surface area contributed by atoms with E-state index >= 15 is 0 Å². The molecule has 1 atom stereocenters. The van der Waals surface area contributed by atoms with Crippen LogP contribution < -0.4 is 19.7 Å². The van der Waals surface area contributed by atoms with Crippen LogP contribution in [0.5, 0.6) is 11.5 Å². The van der Waals surface area contributed by atoms with Crippen LogP contribution >= 0.6 is 0 Å². The molecule has 1 N–H and O–H groups in total. The second-order valence-corrected chi connectivity index (χ2v) is 6.68. The predicted molar refractivity (Wildman–Crippen MR) is 103 cm³/mol. The Balaban J connectivity index is 1.62. The molecule has 1 aliphatic carbocycles. The van der Waals surface area contributed by atoms with Gasteiger partial charge in [0.25, 0.3) is 6.01 Å². The number of anilines is 2. The van der Waals surface area contributed by atoms with Crippen LogP contribution in [0.4, 0.5) is 11.7 Å². The number of benzene rings is 2. The number of methoxy groups -OCH3 is 2. The molecule has 1 unspecified atom stereocenters. The SMILES string of the molecule is COc1ccc2c(c1OC)CCC2Nc1ccc2oc(N(C)C)nc2c1. The van der Waals surface area contributed by atoms with Crippen LogP contribution in [0.3, 0.4) is 0 Å². The van der Waals surface area contributed by atoms with Crippen LogP contribution in [-0.2, 0) is 6.42 Å². The maximum absolute atomic E-state index is 5.72. The molecule has 136 valence electrons. The number of nitrogens with one attached hydrogen (secondary N) is 1. The van der Waals surface area contributed by atoms with Crippen molar-refractivity contribution in [1.82, 2.24) is 4.98 Å². The summed E-state index contributed by atoms with van der Waals surface area (Å²) in [6, 6.07) is 11.0. The summed E-state index contributed by atoms with van der Waals surface area (Å²) in [7, 11) is 7.20. The van der Waals surface area contributed by atoms with E-state index in [4.69, 9.17) is 13.9 Å². The number of hydrogen-bond acceptors (Lipinski definition) is 6. The van der Waals surface area contributed by atoms with Gasteiger partial charge in [-0.2, -0.15) is 4.98 Å². The first kappa shape index (κ1) is 16.6. The highest BCUT2D eigenvalue weighted by molar-refractivity contribution is 5.79. The van der Waals surface area contributed by atoms with Gasteiger partial charge in [0.1, 0.15) is 5.52 Å². The Morgan fingerprint density at radius 2 is 2.00 bits per heavy atom. The highest BCUT2D eigenvalue weighted by Gasteiger charge is 2.27. The molecule has 0 fully saturated rings. The van der Waals surface area contributed by atoms with Gasteiger partial charge in [-0.25, -0.2) is 0 Å². The number of rotatable bonds is 5. The number of fused-ring (bicyclic) bond motifs is 2. The number of aromatic nitrogens is 1. The normalized spacial score (nSPS) is 15.8.